The Morgan fingerprint density at radius 3 is 2.64 bits per heavy atom. The van der Waals surface area contributed by atoms with Gasteiger partial charge in [0.1, 0.15) is 0 Å². The summed E-state index contributed by atoms with van der Waals surface area (Å²) >= 11 is 0. The van der Waals surface area contributed by atoms with Gasteiger partial charge in [-0.05, 0) is 42.0 Å². The molecule has 0 aliphatic carbocycles. The molecule has 2 heterocycles. The summed E-state index contributed by atoms with van der Waals surface area (Å²) in [6.07, 6.45) is 10.4. The summed E-state index contributed by atoms with van der Waals surface area (Å²) in [5.74, 6) is 0. The first-order valence-corrected chi connectivity index (χ1v) is 9.97. The summed E-state index contributed by atoms with van der Waals surface area (Å²) in [6, 6.07) is 13.7. The van der Waals surface area contributed by atoms with Crippen LogP contribution in [0.25, 0.3) is 11.3 Å². The predicted octanol–water partition coefficient (Wildman–Crippen LogP) is 6.00. The van der Waals surface area contributed by atoms with Crippen LogP contribution in [-0.2, 0) is 18.4 Å². The summed E-state index contributed by atoms with van der Waals surface area (Å²) in [7, 11) is 0. The molecule has 3 rings (SSSR count). The molecule has 1 unspecified atom stereocenters. The van der Waals surface area contributed by atoms with E-state index in [1.165, 1.54) is 47.2 Å². The number of aromatic nitrogens is 1. The molecular weight excluding hydrogens is 302 g/mol. The smallest absolute Gasteiger partial charge is 0.189 e. The minimum atomic E-state index is 0.0168. The molecule has 1 nitrogen and oxygen atoms in total. The average Bonchev–Trinajstić information content (AvgIpc) is 2.65. The standard InChI is InChI=1S/C24H32N/c1-5-8-12-20-15-16-25-23(17-20)22-14-10-9-13-21(22)18-24(25,7-3)19(4)11-6-2/h9-10,13-17H,4-8,11-12,18H2,1-3H3/q+1. The quantitative estimate of drug-likeness (QED) is 0.432. The highest BCUT2D eigenvalue weighted by atomic mass is 15.1. The van der Waals surface area contributed by atoms with E-state index < -0.39 is 0 Å². The average molecular weight is 335 g/mol. The molecule has 0 saturated carbocycles. The van der Waals surface area contributed by atoms with Gasteiger partial charge in [0.2, 0.25) is 5.69 Å². The maximum absolute atomic E-state index is 4.53. The highest BCUT2D eigenvalue weighted by Crippen LogP contribution is 2.39. The molecule has 0 radical (unpaired) electrons. The van der Waals surface area contributed by atoms with Gasteiger partial charge in [-0.3, -0.25) is 0 Å². The van der Waals surface area contributed by atoms with Gasteiger partial charge < -0.3 is 0 Å². The fourth-order valence-corrected chi connectivity index (χ4v) is 4.36. The third kappa shape index (κ3) is 3.17. The predicted molar refractivity (Wildman–Crippen MR) is 107 cm³/mol. The molecule has 1 heteroatoms. The van der Waals surface area contributed by atoms with Gasteiger partial charge in [0.25, 0.3) is 0 Å². The number of unbranched alkanes of at least 4 members (excludes halogenated alkanes) is 1. The number of benzene rings is 1. The number of pyridine rings is 1. The lowest BCUT2D eigenvalue weighted by atomic mass is 9.75. The molecule has 1 aliphatic rings. The van der Waals surface area contributed by atoms with Crippen molar-refractivity contribution in [3.05, 3.63) is 65.9 Å². The van der Waals surface area contributed by atoms with Gasteiger partial charge in [-0.1, -0.05) is 58.4 Å². The molecule has 2 aromatic rings. The number of allylic oxidation sites excluding steroid dienone is 1. The van der Waals surface area contributed by atoms with Gasteiger partial charge in [-0.15, -0.1) is 0 Å². The summed E-state index contributed by atoms with van der Waals surface area (Å²) in [5, 5.41) is 0. The highest BCUT2D eigenvalue weighted by molar-refractivity contribution is 5.63. The van der Waals surface area contributed by atoms with E-state index in [4.69, 9.17) is 0 Å². The Kier molecular flexibility index (Phi) is 5.42. The number of rotatable bonds is 7. The molecule has 25 heavy (non-hydrogen) atoms. The minimum absolute atomic E-state index is 0.0168. The van der Waals surface area contributed by atoms with Crippen molar-refractivity contribution in [2.45, 2.75) is 71.3 Å². The summed E-state index contributed by atoms with van der Waals surface area (Å²) < 4.78 is 2.53. The zero-order valence-electron chi connectivity index (χ0n) is 16.1. The molecule has 1 atom stereocenters. The Balaban J connectivity index is 2.17. The maximum atomic E-state index is 4.53. The summed E-state index contributed by atoms with van der Waals surface area (Å²) in [4.78, 5) is 0. The number of hydrogen-bond donors (Lipinski definition) is 0. The van der Waals surface area contributed by atoms with Crippen LogP contribution in [0.3, 0.4) is 0 Å². The molecule has 0 saturated heterocycles. The molecule has 0 spiro atoms. The fraction of sp³-hybridized carbons (Fsp3) is 0.458. The highest BCUT2D eigenvalue weighted by Gasteiger charge is 2.46. The normalized spacial score (nSPS) is 18.5. The zero-order chi connectivity index (χ0) is 17.9. The largest absolute Gasteiger partial charge is 0.213 e. The fourth-order valence-electron chi connectivity index (χ4n) is 4.36. The van der Waals surface area contributed by atoms with Gasteiger partial charge in [-0.2, -0.15) is 4.57 Å². The molecule has 0 N–H and O–H groups in total. The second-order valence-corrected chi connectivity index (χ2v) is 7.47. The lowest BCUT2D eigenvalue weighted by molar-refractivity contribution is -0.748. The molecule has 0 fully saturated rings. The van der Waals surface area contributed by atoms with Crippen molar-refractivity contribution in [3.63, 3.8) is 0 Å². The van der Waals surface area contributed by atoms with Crippen molar-refractivity contribution in [2.75, 3.05) is 0 Å². The van der Waals surface area contributed by atoms with Crippen molar-refractivity contribution >= 4 is 0 Å². The number of hydrogen-bond acceptors (Lipinski definition) is 0. The van der Waals surface area contributed by atoms with E-state index in [1.807, 2.05) is 0 Å². The van der Waals surface area contributed by atoms with Gasteiger partial charge in [0.05, 0.1) is 0 Å². The molecule has 1 aromatic carbocycles. The van der Waals surface area contributed by atoms with Crippen LogP contribution in [0.2, 0.25) is 0 Å². The Hall–Kier alpha value is -1.89. The van der Waals surface area contributed by atoms with Gasteiger partial charge >= 0.3 is 0 Å². The van der Waals surface area contributed by atoms with Crippen molar-refractivity contribution in [1.82, 2.24) is 0 Å². The van der Waals surface area contributed by atoms with Crippen LogP contribution in [-0.4, -0.2) is 0 Å². The SMILES string of the molecule is C=C(CCC)C1(CC)Cc2ccccc2-c2cc(CCCC)cc[n+]21. The third-order valence-corrected chi connectivity index (χ3v) is 5.87. The summed E-state index contributed by atoms with van der Waals surface area (Å²) in [6.45, 7) is 11.4. The molecule has 132 valence electrons. The first kappa shape index (κ1) is 17.9. The molecule has 1 aliphatic heterocycles. The van der Waals surface area contributed by atoms with Crippen molar-refractivity contribution < 1.29 is 4.57 Å². The lowest BCUT2D eigenvalue weighted by Crippen LogP contribution is -2.61. The Bertz CT molecular complexity index is 758. The van der Waals surface area contributed by atoms with Gasteiger partial charge in [0.15, 0.2) is 11.7 Å². The number of fused-ring (bicyclic) bond motifs is 3. The van der Waals surface area contributed by atoms with Crippen molar-refractivity contribution in [1.29, 1.82) is 0 Å². The molecule has 1 aromatic heterocycles. The van der Waals surface area contributed by atoms with Crippen LogP contribution in [0, 0.1) is 0 Å². The van der Waals surface area contributed by atoms with Crippen LogP contribution in [0.5, 0.6) is 0 Å². The van der Waals surface area contributed by atoms with E-state index in [0.29, 0.717) is 0 Å². The van der Waals surface area contributed by atoms with E-state index in [0.717, 1.165) is 25.7 Å². The maximum Gasteiger partial charge on any atom is 0.213 e. The topological polar surface area (TPSA) is 3.88 Å². The van der Waals surface area contributed by atoms with E-state index in [2.05, 4.69) is 74.5 Å². The van der Waals surface area contributed by atoms with Crippen LogP contribution >= 0.6 is 0 Å². The zero-order valence-corrected chi connectivity index (χ0v) is 16.1. The van der Waals surface area contributed by atoms with Crippen LogP contribution in [0.4, 0.5) is 0 Å². The minimum Gasteiger partial charge on any atom is -0.189 e. The third-order valence-electron chi connectivity index (χ3n) is 5.87. The Morgan fingerprint density at radius 2 is 1.92 bits per heavy atom. The van der Waals surface area contributed by atoms with Crippen LogP contribution in [0.15, 0.2) is 54.7 Å². The van der Waals surface area contributed by atoms with E-state index in [9.17, 15) is 0 Å². The van der Waals surface area contributed by atoms with E-state index >= 15 is 0 Å². The van der Waals surface area contributed by atoms with Crippen LogP contribution < -0.4 is 4.57 Å². The second-order valence-electron chi connectivity index (χ2n) is 7.47. The van der Waals surface area contributed by atoms with Crippen molar-refractivity contribution in [2.24, 2.45) is 0 Å². The Morgan fingerprint density at radius 1 is 1.12 bits per heavy atom. The molecular formula is C24H32N+. The van der Waals surface area contributed by atoms with Gasteiger partial charge in [0, 0.05) is 30.5 Å². The van der Waals surface area contributed by atoms with Crippen LogP contribution in [0.1, 0.15) is 64.0 Å². The van der Waals surface area contributed by atoms with Crippen molar-refractivity contribution in [3.8, 4) is 11.3 Å². The molecule has 0 amide bonds. The number of aryl methyl sites for hydroxylation is 1. The summed E-state index contributed by atoms with van der Waals surface area (Å²) in [5.41, 5.74) is 7.08. The second kappa shape index (κ2) is 7.56. The first-order chi connectivity index (χ1) is 12.2. The van der Waals surface area contributed by atoms with E-state index in [-0.39, 0.29) is 5.54 Å². The first-order valence-electron chi connectivity index (χ1n) is 9.97. The Labute approximate surface area is 153 Å². The monoisotopic (exact) mass is 334 g/mol. The number of nitrogens with zero attached hydrogens (tertiary/aromatic N) is 1. The van der Waals surface area contributed by atoms with Gasteiger partial charge in [-0.25, -0.2) is 0 Å². The lowest BCUT2D eigenvalue weighted by Gasteiger charge is -2.35. The molecule has 0 bridgehead atoms. The van der Waals surface area contributed by atoms with E-state index in [1.54, 1.807) is 0 Å².